The first-order valence-electron chi connectivity index (χ1n) is 9.74. The molecule has 0 radical (unpaired) electrons. The molecule has 0 unspecified atom stereocenters. The van der Waals surface area contributed by atoms with Crippen molar-refractivity contribution in [3.05, 3.63) is 100.0 Å². The fraction of sp³-hybridized carbons (Fsp3) is 0.125. The number of hydrogen-bond donors (Lipinski definition) is 2. The van der Waals surface area contributed by atoms with Gasteiger partial charge in [0.15, 0.2) is 5.65 Å². The van der Waals surface area contributed by atoms with Crippen molar-refractivity contribution in [2.45, 2.75) is 19.9 Å². The second-order valence-corrected chi connectivity index (χ2v) is 6.93. The van der Waals surface area contributed by atoms with Gasteiger partial charge in [0.2, 0.25) is 0 Å². The molecule has 0 saturated carbocycles. The predicted octanol–water partition coefficient (Wildman–Crippen LogP) is 3.58. The first-order chi connectivity index (χ1) is 14.6. The molecule has 6 nitrogen and oxygen atoms in total. The van der Waals surface area contributed by atoms with Crippen molar-refractivity contribution in [1.82, 2.24) is 14.9 Å². The van der Waals surface area contributed by atoms with E-state index in [1.165, 1.54) is 10.1 Å². The zero-order chi connectivity index (χ0) is 21.1. The van der Waals surface area contributed by atoms with Gasteiger partial charge in [0.05, 0.1) is 11.1 Å². The van der Waals surface area contributed by atoms with Crippen LogP contribution < -0.4 is 10.9 Å². The number of rotatable bonds is 5. The Labute approximate surface area is 173 Å². The minimum atomic E-state index is -0.632. The number of nitrogens with one attached hydrogen (secondary N) is 1. The molecule has 0 aliphatic heterocycles. The molecule has 0 bridgehead atoms. The highest BCUT2D eigenvalue weighted by Gasteiger charge is 2.23. The summed E-state index contributed by atoms with van der Waals surface area (Å²) in [5.74, 6) is -0.999. The molecule has 0 atom stereocenters. The van der Waals surface area contributed by atoms with E-state index in [4.69, 9.17) is 0 Å². The first-order valence-corrected chi connectivity index (χ1v) is 9.74. The summed E-state index contributed by atoms with van der Waals surface area (Å²) in [6.45, 7) is 2.32. The average Bonchev–Trinajstić information content (AvgIpc) is 2.79. The predicted molar refractivity (Wildman–Crippen MR) is 116 cm³/mol. The Kier molecular flexibility index (Phi) is 5.30. The lowest BCUT2D eigenvalue weighted by Crippen LogP contribution is -2.33. The lowest BCUT2D eigenvalue weighted by Gasteiger charge is -2.14. The molecule has 2 aromatic heterocycles. The largest absolute Gasteiger partial charge is 0.506 e. The second-order valence-electron chi connectivity index (χ2n) is 6.93. The first kappa shape index (κ1) is 19.4. The van der Waals surface area contributed by atoms with Crippen LogP contribution >= 0.6 is 0 Å². The van der Waals surface area contributed by atoms with Gasteiger partial charge in [0.1, 0.15) is 11.3 Å². The Bertz CT molecular complexity index is 1260. The third-order valence-corrected chi connectivity index (χ3v) is 5.03. The van der Waals surface area contributed by atoms with Crippen LogP contribution in [0.4, 0.5) is 0 Å². The third kappa shape index (κ3) is 3.55. The van der Waals surface area contributed by atoms with E-state index in [9.17, 15) is 14.7 Å². The molecule has 6 heteroatoms. The highest BCUT2D eigenvalue weighted by atomic mass is 16.3. The van der Waals surface area contributed by atoms with Crippen LogP contribution in [0.3, 0.4) is 0 Å². The van der Waals surface area contributed by atoms with Gasteiger partial charge in [-0.2, -0.15) is 0 Å². The van der Waals surface area contributed by atoms with E-state index in [0.29, 0.717) is 11.1 Å². The number of aromatic hydroxyl groups is 1. The summed E-state index contributed by atoms with van der Waals surface area (Å²) in [7, 11) is 0. The van der Waals surface area contributed by atoms with E-state index in [0.717, 1.165) is 12.0 Å². The number of amides is 1. The molecule has 4 rings (SSSR count). The zero-order valence-electron chi connectivity index (χ0n) is 16.5. The van der Waals surface area contributed by atoms with Gasteiger partial charge in [-0.25, -0.2) is 4.98 Å². The number of fused-ring (bicyclic) bond motifs is 1. The summed E-state index contributed by atoms with van der Waals surface area (Å²) in [6.07, 6.45) is 2.48. The molecular formula is C24H21N3O3. The van der Waals surface area contributed by atoms with Crippen LogP contribution in [0.25, 0.3) is 16.7 Å². The molecule has 0 saturated heterocycles. The smallest absolute Gasteiger partial charge is 0.273 e. The number of nitrogens with zero attached hydrogens (tertiary/aromatic N) is 2. The molecule has 30 heavy (non-hydrogen) atoms. The lowest BCUT2D eigenvalue weighted by atomic mass is 10.1. The highest BCUT2D eigenvalue weighted by molar-refractivity contribution is 6.02. The normalized spacial score (nSPS) is 10.8. The number of pyridine rings is 2. The maximum Gasteiger partial charge on any atom is 0.273 e. The van der Waals surface area contributed by atoms with Gasteiger partial charge >= 0.3 is 0 Å². The fourth-order valence-corrected chi connectivity index (χ4v) is 3.39. The summed E-state index contributed by atoms with van der Waals surface area (Å²) in [4.78, 5) is 30.4. The molecule has 2 heterocycles. The van der Waals surface area contributed by atoms with E-state index < -0.39 is 11.5 Å². The van der Waals surface area contributed by atoms with E-state index in [1.54, 1.807) is 42.6 Å². The number of carbonyl (C=O) groups excluding carboxylic acids is 1. The molecule has 2 N–H and O–H groups in total. The number of carbonyl (C=O) groups is 1. The van der Waals surface area contributed by atoms with Crippen LogP contribution in [0, 0.1) is 0 Å². The summed E-state index contributed by atoms with van der Waals surface area (Å²) < 4.78 is 1.35. The van der Waals surface area contributed by atoms with Gasteiger partial charge in [-0.05, 0) is 41.8 Å². The Hall–Kier alpha value is -3.93. The number of aryl methyl sites for hydroxylation is 1. The van der Waals surface area contributed by atoms with Crippen molar-refractivity contribution in [2.75, 3.05) is 0 Å². The monoisotopic (exact) mass is 399 g/mol. The van der Waals surface area contributed by atoms with Crippen molar-refractivity contribution >= 4 is 16.9 Å². The van der Waals surface area contributed by atoms with E-state index in [1.807, 2.05) is 30.3 Å². The Balaban J connectivity index is 1.76. The number of hydrogen-bond acceptors (Lipinski definition) is 4. The van der Waals surface area contributed by atoms with Gasteiger partial charge in [-0.15, -0.1) is 0 Å². The van der Waals surface area contributed by atoms with Crippen molar-refractivity contribution < 1.29 is 9.90 Å². The van der Waals surface area contributed by atoms with Crippen molar-refractivity contribution in [3.8, 4) is 11.4 Å². The maximum absolute atomic E-state index is 13.2. The van der Waals surface area contributed by atoms with Crippen molar-refractivity contribution in [2.24, 2.45) is 0 Å². The molecule has 0 aliphatic carbocycles. The maximum atomic E-state index is 13.2. The zero-order valence-corrected chi connectivity index (χ0v) is 16.5. The standard InChI is InChI=1S/C24H21N3O3/c1-2-16-10-12-17(13-11-16)15-26-23(29)20-21(28)19-9-6-14-25-22(19)27(24(20)30)18-7-4-3-5-8-18/h3-14,28H,2,15H2,1H3,(H,26,29). The van der Waals surface area contributed by atoms with E-state index in [2.05, 4.69) is 17.2 Å². The number of benzene rings is 2. The average molecular weight is 399 g/mol. The molecule has 0 aliphatic rings. The van der Waals surface area contributed by atoms with Gasteiger partial charge < -0.3 is 10.4 Å². The molecule has 0 fully saturated rings. The van der Waals surface area contributed by atoms with Crippen LogP contribution in [0.5, 0.6) is 5.75 Å². The van der Waals surface area contributed by atoms with Crippen LogP contribution in [0.2, 0.25) is 0 Å². The molecule has 4 aromatic rings. The van der Waals surface area contributed by atoms with Gasteiger partial charge in [-0.1, -0.05) is 49.4 Å². The summed E-state index contributed by atoms with van der Waals surface area (Å²) >= 11 is 0. The van der Waals surface area contributed by atoms with Gasteiger partial charge in [-0.3, -0.25) is 14.2 Å². The minimum Gasteiger partial charge on any atom is -0.506 e. The molecular weight excluding hydrogens is 378 g/mol. The minimum absolute atomic E-state index is 0.248. The van der Waals surface area contributed by atoms with Gasteiger partial charge in [0.25, 0.3) is 11.5 Å². The summed E-state index contributed by atoms with van der Waals surface area (Å²) in [6, 6.07) is 20.1. The van der Waals surface area contributed by atoms with E-state index >= 15 is 0 Å². The Morgan fingerprint density at radius 3 is 2.40 bits per heavy atom. The summed E-state index contributed by atoms with van der Waals surface area (Å²) in [5.41, 5.74) is 2.04. The SMILES string of the molecule is CCc1ccc(CNC(=O)c2c(O)c3cccnc3n(-c3ccccc3)c2=O)cc1. The highest BCUT2D eigenvalue weighted by Crippen LogP contribution is 2.26. The van der Waals surface area contributed by atoms with Crippen molar-refractivity contribution in [1.29, 1.82) is 0 Å². The molecule has 150 valence electrons. The summed E-state index contributed by atoms with van der Waals surface area (Å²) in [5, 5.41) is 13.8. The van der Waals surface area contributed by atoms with E-state index in [-0.39, 0.29) is 23.5 Å². The lowest BCUT2D eigenvalue weighted by molar-refractivity contribution is 0.0946. The Morgan fingerprint density at radius 2 is 1.70 bits per heavy atom. The van der Waals surface area contributed by atoms with Gasteiger partial charge in [0, 0.05) is 12.7 Å². The number of para-hydroxylation sites is 1. The molecule has 2 aromatic carbocycles. The molecule has 0 spiro atoms. The second kappa shape index (κ2) is 8.21. The number of aromatic nitrogens is 2. The third-order valence-electron chi connectivity index (χ3n) is 5.03. The Morgan fingerprint density at radius 1 is 1.00 bits per heavy atom. The van der Waals surface area contributed by atoms with Crippen LogP contribution in [-0.4, -0.2) is 20.6 Å². The van der Waals surface area contributed by atoms with Crippen molar-refractivity contribution in [3.63, 3.8) is 0 Å². The quantitative estimate of drug-likeness (QED) is 0.537. The van der Waals surface area contributed by atoms with Crippen LogP contribution in [-0.2, 0) is 13.0 Å². The fourth-order valence-electron chi connectivity index (χ4n) is 3.39. The van der Waals surface area contributed by atoms with Crippen LogP contribution in [0.15, 0.2) is 77.7 Å². The topological polar surface area (TPSA) is 84.2 Å². The van der Waals surface area contributed by atoms with Crippen LogP contribution in [0.1, 0.15) is 28.4 Å². The molecule has 1 amide bonds.